The zero-order chi connectivity index (χ0) is 10.8. The molecule has 3 heteroatoms. The van der Waals surface area contributed by atoms with Crippen molar-refractivity contribution in [2.24, 2.45) is 0 Å². The van der Waals surface area contributed by atoms with E-state index in [1.807, 2.05) is 18.0 Å². The van der Waals surface area contributed by atoms with E-state index in [2.05, 4.69) is 0 Å². The summed E-state index contributed by atoms with van der Waals surface area (Å²) in [7, 11) is 1.93. The molecule has 2 nitrogen and oxygen atoms in total. The Bertz CT molecular complexity index is 405. The highest BCUT2D eigenvalue weighted by Crippen LogP contribution is 2.30. The average Bonchev–Trinajstić information content (AvgIpc) is 2.14. The molecule has 0 spiro atoms. The van der Waals surface area contributed by atoms with Crippen LogP contribution in [0.1, 0.15) is 24.8 Å². The van der Waals surface area contributed by atoms with Crippen LogP contribution in [0.15, 0.2) is 18.2 Å². The van der Waals surface area contributed by atoms with Gasteiger partial charge in [0.25, 0.3) is 0 Å². The molecule has 1 fully saturated rings. The minimum Gasteiger partial charge on any atom is -0.370 e. The number of halogens is 1. The molecule has 0 unspecified atom stereocenters. The maximum Gasteiger partial charge on any atom is 0.143 e. The smallest absolute Gasteiger partial charge is 0.143 e. The fourth-order valence-corrected chi connectivity index (χ4v) is 1.89. The Morgan fingerprint density at radius 3 is 2.73 bits per heavy atom. The van der Waals surface area contributed by atoms with Crippen molar-refractivity contribution in [3.8, 4) is 6.07 Å². The minimum absolute atomic E-state index is 0.159. The van der Waals surface area contributed by atoms with E-state index < -0.39 is 5.82 Å². The molecule has 0 aromatic heterocycles. The molecule has 1 aliphatic carbocycles. The Morgan fingerprint density at radius 2 is 2.20 bits per heavy atom. The van der Waals surface area contributed by atoms with Crippen LogP contribution in [0.5, 0.6) is 0 Å². The number of nitriles is 1. The van der Waals surface area contributed by atoms with E-state index >= 15 is 0 Å². The van der Waals surface area contributed by atoms with Gasteiger partial charge < -0.3 is 4.90 Å². The number of hydrogen-bond donors (Lipinski definition) is 0. The van der Waals surface area contributed by atoms with Gasteiger partial charge in [-0.3, -0.25) is 0 Å². The van der Waals surface area contributed by atoms with Crippen LogP contribution >= 0.6 is 0 Å². The van der Waals surface area contributed by atoms with Gasteiger partial charge >= 0.3 is 0 Å². The third kappa shape index (κ3) is 1.68. The van der Waals surface area contributed by atoms with Crippen molar-refractivity contribution in [1.29, 1.82) is 5.26 Å². The Hall–Kier alpha value is -1.56. The maximum absolute atomic E-state index is 13.3. The van der Waals surface area contributed by atoms with E-state index in [1.54, 1.807) is 12.1 Å². The van der Waals surface area contributed by atoms with Crippen LogP contribution in [0.25, 0.3) is 0 Å². The predicted molar refractivity (Wildman–Crippen MR) is 57.2 cm³/mol. The first-order chi connectivity index (χ1) is 7.24. The van der Waals surface area contributed by atoms with Crippen LogP contribution in [-0.2, 0) is 0 Å². The zero-order valence-corrected chi connectivity index (χ0v) is 8.70. The third-order valence-corrected chi connectivity index (χ3v) is 3.11. The van der Waals surface area contributed by atoms with Gasteiger partial charge in [-0.2, -0.15) is 5.26 Å². The molecule has 1 saturated carbocycles. The summed E-state index contributed by atoms with van der Waals surface area (Å²) >= 11 is 0. The third-order valence-electron chi connectivity index (χ3n) is 3.11. The first-order valence-corrected chi connectivity index (χ1v) is 5.15. The molecule has 1 aromatic carbocycles. The van der Waals surface area contributed by atoms with Gasteiger partial charge in [-0.25, -0.2) is 4.39 Å². The number of hydrogen-bond acceptors (Lipinski definition) is 2. The van der Waals surface area contributed by atoms with Gasteiger partial charge in [0.2, 0.25) is 0 Å². The molecule has 0 atom stereocenters. The molecule has 0 N–H and O–H groups in total. The summed E-state index contributed by atoms with van der Waals surface area (Å²) < 4.78 is 13.3. The number of anilines is 1. The van der Waals surface area contributed by atoms with Gasteiger partial charge in [0.15, 0.2) is 0 Å². The van der Waals surface area contributed by atoms with Crippen molar-refractivity contribution in [3.63, 3.8) is 0 Å². The topological polar surface area (TPSA) is 27.0 Å². The molecule has 15 heavy (non-hydrogen) atoms. The molecule has 0 radical (unpaired) electrons. The monoisotopic (exact) mass is 204 g/mol. The summed E-state index contributed by atoms with van der Waals surface area (Å²) in [4.78, 5) is 2.02. The molecule has 0 bridgehead atoms. The second kappa shape index (κ2) is 3.90. The average molecular weight is 204 g/mol. The summed E-state index contributed by atoms with van der Waals surface area (Å²) in [5.74, 6) is -0.429. The Morgan fingerprint density at radius 1 is 1.47 bits per heavy atom. The molecule has 2 rings (SSSR count). The lowest BCUT2D eigenvalue weighted by Crippen LogP contribution is -2.37. The highest BCUT2D eigenvalue weighted by atomic mass is 19.1. The van der Waals surface area contributed by atoms with E-state index in [1.165, 1.54) is 12.5 Å². The van der Waals surface area contributed by atoms with E-state index in [9.17, 15) is 4.39 Å². The first kappa shape index (κ1) is 9.97. The van der Waals surface area contributed by atoms with Gasteiger partial charge in [0.1, 0.15) is 17.4 Å². The zero-order valence-electron chi connectivity index (χ0n) is 8.70. The molecular formula is C12H13FN2. The van der Waals surface area contributed by atoms with Crippen molar-refractivity contribution in [2.75, 3.05) is 11.9 Å². The van der Waals surface area contributed by atoms with E-state index in [4.69, 9.17) is 5.26 Å². The predicted octanol–water partition coefficient (Wildman–Crippen LogP) is 2.69. The lowest BCUT2D eigenvalue weighted by Gasteiger charge is -2.36. The summed E-state index contributed by atoms with van der Waals surface area (Å²) in [6.07, 6.45) is 3.50. The summed E-state index contributed by atoms with van der Waals surface area (Å²) in [6, 6.07) is 7.19. The van der Waals surface area contributed by atoms with E-state index in [0.29, 0.717) is 11.7 Å². The number of rotatable bonds is 2. The second-order valence-electron chi connectivity index (χ2n) is 3.94. The van der Waals surface area contributed by atoms with Crippen molar-refractivity contribution >= 4 is 5.69 Å². The SMILES string of the molecule is CN(c1cccc(F)c1C#N)C1CCC1. The highest BCUT2D eigenvalue weighted by Gasteiger charge is 2.24. The Balaban J connectivity index is 2.34. The number of nitrogens with zero attached hydrogens (tertiary/aromatic N) is 2. The van der Waals surface area contributed by atoms with E-state index in [0.717, 1.165) is 12.8 Å². The van der Waals surface area contributed by atoms with E-state index in [-0.39, 0.29) is 5.56 Å². The largest absolute Gasteiger partial charge is 0.370 e. The Labute approximate surface area is 88.9 Å². The van der Waals surface area contributed by atoms with Gasteiger partial charge in [-0.1, -0.05) is 6.07 Å². The maximum atomic E-state index is 13.3. The molecule has 0 aliphatic heterocycles. The highest BCUT2D eigenvalue weighted by molar-refractivity contribution is 5.60. The van der Waals surface area contributed by atoms with Crippen molar-refractivity contribution in [2.45, 2.75) is 25.3 Å². The lowest BCUT2D eigenvalue weighted by atomic mass is 9.91. The molecule has 0 heterocycles. The van der Waals surface area contributed by atoms with Crippen LogP contribution in [0.3, 0.4) is 0 Å². The van der Waals surface area contributed by atoms with Gasteiger partial charge in [-0.15, -0.1) is 0 Å². The van der Waals surface area contributed by atoms with Crippen LogP contribution in [0.4, 0.5) is 10.1 Å². The normalized spacial score (nSPS) is 15.5. The van der Waals surface area contributed by atoms with Crippen LogP contribution in [0.2, 0.25) is 0 Å². The molecule has 78 valence electrons. The van der Waals surface area contributed by atoms with Crippen molar-refractivity contribution < 1.29 is 4.39 Å². The molecular weight excluding hydrogens is 191 g/mol. The van der Waals surface area contributed by atoms with Gasteiger partial charge in [-0.05, 0) is 31.4 Å². The summed E-state index contributed by atoms with van der Waals surface area (Å²) in [6.45, 7) is 0. The lowest BCUT2D eigenvalue weighted by molar-refractivity contribution is 0.400. The molecule has 1 aromatic rings. The van der Waals surface area contributed by atoms with Gasteiger partial charge in [0.05, 0.1) is 5.69 Å². The summed E-state index contributed by atoms with van der Waals surface area (Å²) in [5.41, 5.74) is 0.870. The summed E-state index contributed by atoms with van der Waals surface area (Å²) in [5, 5.41) is 8.90. The minimum atomic E-state index is -0.429. The second-order valence-corrected chi connectivity index (χ2v) is 3.94. The van der Waals surface area contributed by atoms with Crippen molar-refractivity contribution in [3.05, 3.63) is 29.6 Å². The standard InChI is InChI=1S/C12H13FN2/c1-15(9-4-2-5-9)12-7-3-6-11(13)10(12)8-14/h3,6-7,9H,2,4-5H2,1H3. The Kier molecular flexibility index (Phi) is 2.59. The van der Waals surface area contributed by atoms with Crippen molar-refractivity contribution in [1.82, 2.24) is 0 Å². The van der Waals surface area contributed by atoms with Crippen LogP contribution < -0.4 is 4.90 Å². The molecule has 1 aliphatic rings. The molecule has 0 amide bonds. The fraction of sp³-hybridized carbons (Fsp3) is 0.417. The molecule has 0 saturated heterocycles. The van der Waals surface area contributed by atoms with Gasteiger partial charge in [0, 0.05) is 13.1 Å². The first-order valence-electron chi connectivity index (χ1n) is 5.15. The fourth-order valence-electron chi connectivity index (χ4n) is 1.89. The van der Waals surface area contributed by atoms with Crippen LogP contribution in [0, 0.1) is 17.1 Å². The number of benzene rings is 1. The van der Waals surface area contributed by atoms with Crippen LogP contribution in [-0.4, -0.2) is 13.1 Å². The quantitative estimate of drug-likeness (QED) is 0.740.